The lowest BCUT2D eigenvalue weighted by Gasteiger charge is -2.30. The summed E-state index contributed by atoms with van der Waals surface area (Å²) >= 11 is 0. The van der Waals surface area contributed by atoms with E-state index in [1.54, 1.807) is 17.0 Å². The molecular formula is C24H27N5O. The summed E-state index contributed by atoms with van der Waals surface area (Å²) in [6, 6.07) is 12.3. The Morgan fingerprint density at radius 2 is 1.57 bits per heavy atom. The number of piperidine rings is 1. The fourth-order valence-corrected chi connectivity index (χ4v) is 4.73. The van der Waals surface area contributed by atoms with Crippen molar-refractivity contribution in [3.63, 3.8) is 0 Å². The summed E-state index contributed by atoms with van der Waals surface area (Å²) in [7, 11) is 4.03. The van der Waals surface area contributed by atoms with Crippen molar-refractivity contribution in [2.45, 2.75) is 31.8 Å². The molecule has 2 aliphatic heterocycles. The SMILES string of the molecule is CN1CCC(c2nc(-c3ccncc3)c(N3Cc4ccccc4C3)c(=O)n2C)CC1. The first-order valence-corrected chi connectivity index (χ1v) is 10.6. The second-order valence-electron chi connectivity index (χ2n) is 8.47. The van der Waals surface area contributed by atoms with Crippen molar-refractivity contribution < 1.29 is 0 Å². The van der Waals surface area contributed by atoms with Crippen molar-refractivity contribution in [1.29, 1.82) is 0 Å². The van der Waals surface area contributed by atoms with Gasteiger partial charge in [-0.3, -0.25) is 14.3 Å². The van der Waals surface area contributed by atoms with Crippen LogP contribution in [-0.2, 0) is 20.1 Å². The van der Waals surface area contributed by atoms with Gasteiger partial charge in [-0.15, -0.1) is 0 Å². The van der Waals surface area contributed by atoms with E-state index in [-0.39, 0.29) is 5.56 Å². The topological polar surface area (TPSA) is 54.3 Å². The number of rotatable bonds is 3. The maximum Gasteiger partial charge on any atom is 0.277 e. The fourth-order valence-electron chi connectivity index (χ4n) is 4.73. The molecule has 0 amide bonds. The highest BCUT2D eigenvalue weighted by atomic mass is 16.1. The molecule has 154 valence electrons. The van der Waals surface area contributed by atoms with Crippen molar-refractivity contribution in [2.24, 2.45) is 7.05 Å². The third kappa shape index (κ3) is 3.31. The Kier molecular flexibility index (Phi) is 4.87. The molecule has 3 aromatic rings. The van der Waals surface area contributed by atoms with E-state index in [4.69, 9.17) is 4.98 Å². The van der Waals surface area contributed by atoms with Crippen LogP contribution in [0.1, 0.15) is 35.7 Å². The number of benzene rings is 1. The predicted octanol–water partition coefficient (Wildman–Crippen LogP) is 3.17. The molecule has 6 heteroatoms. The van der Waals surface area contributed by atoms with Crippen LogP contribution in [0.15, 0.2) is 53.6 Å². The van der Waals surface area contributed by atoms with Crippen LogP contribution in [-0.4, -0.2) is 39.6 Å². The highest BCUT2D eigenvalue weighted by Crippen LogP contribution is 2.34. The van der Waals surface area contributed by atoms with Crippen LogP contribution in [0.2, 0.25) is 0 Å². The van der Waals surface area contributed by atoms with Gasteiger partial charge >= 0.3 is 0 Å². The lowest BCUT2D eigenvalue weighted by Crippen LogP contribution is -2.35. The zero-order valence-electron chi connectivity index (χ0n) is 17.6. The average Bonchev–Trinajstić information content (AvgIpc) is 3.20. The molecule has 0 aliphatic carbocycles. The van der Waals surface area contributed by atoms with Gasteiger partial charge in [0, 0.05) is 44.0 Å². The van der Waals surface area contributed by atoms with Crippen LogP contribution < -0.4 is 10.5 Å². The molecular weight excluding hydrogens is 374 g/mol. The summed E-state index contributed by atoms with van der Waals surface area (Å²) in [6.07, 6.45) is 5.60. The molecule has 0 bridgehead atoms. The second kappa shape index (κ2) is 7.69. The van der Waals surface area contributed by atoms with Gasteiger partial charge in [0.1, 0.15) is 17.2 Å². The molecule has 0 radical (unpaired) electrons. The highest BCUT2D eigenvalue weighted by molar-refractivity contribution is 5.75. The van der Waals surface area contributed by atoms with Gasteiger partial charge in [0.25, 0.3) is 5.56 Å². The number of nitrogens with zero attached hydrogens (tertiary/aromatic N) is 5. The minimum atomic E-state index is 0.0403. The summed E-state index contributed by atoms with van der Waals surface area (Å²) in [5.41, 5.74) is 5.01. The predicted molar refractivity (Wildman–Crippen MR) is 119 cm³/mol. The zero-order chi connectivity index (χ0) is 20.7. The normalized spacial score (nSPS) is 17.3. The van der Waals surface area contributed by atoms with Crippen molar-refractivity contribution in [1.82, 2.24) is 19.4 Å². The molecule has 1 saturated heterocycles. The van der Waals surface area contributed by atoms with Crippen LogP contribution >= 0.6 is 0 Å². The first-order valence-electron chi connectivity index (χ1n) is 10.6. The molecule has 0 atom stereocenters. The van der Waals surface area contributed by atoms with Crippen molar-refractivity contribution in [3.8, 4) is 11.3 Å². The van der Waals surface area contributed by atoms with E-state index in [1.165, 1.54) is 11.1 Å². The van der Waals surface area contributed by atoms with Gasteiger partial charge in [-0.2, -0.15) is 0 Å². The molecule has 2 aromatic heterocycles. The zero-order valence-corrected chi connectivity index (χ0v) is 17.6. The van der Waals surface area contributed by atoms with Crippen LogP contribution in [0.4, 0.5) is 5.69 Å². The standard InChI is InChI=1S/C24H27N5O/c1-27-13-9-18(10-14-27)23-26-21(17-7-11-25-12-8-17)22(24(30)28(23)2)29-15-19-5-3-4-6-20(19)16-29/h3-8,11-12,18H,9-10,13-16H2,1-2H3. The van der Waals surface area contributed by atoms with E-state index >= 15 is 0 Å². The quantitative estimate of drug-likeness (QED) is 0.675. The van der Waals surface area contributed by atoms with Gasteiger partial charge in [0.2, 0.25) is 0 Å². The van der Waals surface area contributed by atoms with E-state index in [0.717, 1.165) is 56.1 Å². The molecule has 30 heavy (non-hydrogen) atoms. The molecule has 0 N–H and O–H groups in total. The van der Waals surface area contributed by atoms with Gasteiger partial charge in [-0.25, -0.2) is 4.98 Å². The van der Waals surface area contributed by atoms with E-state index in [2.05, 4.69) is 46.1 Å². The molecule has 1 fully saturated rings. The summed E-state index contributed by atoms with van der Waals surface area (Å²) < 4.78 is 1.79. The fraction of sp³-hybridized carbons (Fsp3) is 0.375. The Morgan fingerprint density at radius 3 is 2.20 bits per heavy atom. The number of likely N-dealkylation sites (tertiary alicyclic amines) is 1. The molecule has 6 nitrogen and oxygen atoms in total. The Labute approximate surface area is 176 Å². The number of hydrogen-bond donors (Lipinski definition) is 0. The lowest BCUT2D eigenvalue weighted by molar-refractivity contribution is 0.248. The molecule has 2 aliphatic rings. The Hall–Kier alpha value is -2.99. The van der Waals surface area contributed by atoms with E-state index in [9.17, 15) is 4.79 Å². The molecule has 0 unspecified atom stereocenters. The highest BCUT2D eigenvalue weighted by Gasteiger charge is 2.29. The number of aromatic nitrogens is 3. The minimum absolute atomic E-state index is 0.0403. The van der Waals surface area contributed by atoms with Gasteiger partial charge < -0.3 is 9.80 Å². The Balaban J connectivity index is 1.63. The van der Waals surface area contributed by atoms with Crippen molar-refractivity contribution >= 4 is 5.69 Å². The number of pyridine rings is 1. The van der Waals surface area contributed by atoms with Gasteiger partial charge in [0.05, 0.1) is 0 Å². The first-order chi connectivity index (χ1) is 14.6. The van der Waals surface area contributed by atoms with E-state index in [1.807, 2.05) is 19.2 Å². The van der Waals surface area contributed by atoms with Crippen LogP contribution in [0.25, 0.3) is 11.3 Å². The van der Waals surface area contributed by atoms with E-state index < -0.39 is 0 Å². The summed E-state index contributed by atoms with van der Waals surface area (Å²) in [4.78, 5) is 27.5. The lowest BCUT2D eigenvalue weighted by atomic mass is 9.95. The Bertz CT molecular complexity index is 1090. The molecule has 5 rings (SSSR count). The van der Waals surface area contributed by atoms with Crippen molar-refractivity contribution in [3.05, 3.63) is 76.1 Å². The first kappa shape index (κ1) is 19.0. The summed E-state index contributed by atoms with van der Waals surface area (Å²) in [5.74, 6) is 1.21. The average molecular weight is 402 g/mol. The van der Waals surface area contributed by atoms with Crippen LogP contribution in [0.5, 0.6) is 0 Å². The maximum atomic E-state index is 13.7. The third-order valence-corrected chi connectivity index (χ3v) is 6.50. The third-order valence-electron chi connectivity index (χ3n) is 6.50. The van der Waals surface area contributed by atoms with E-state index in [0.29, 0.717) is 11.6 Å². The smallest absolute Gasteiger partial charge is 0.277 e. The van der Waals surface area contributed by atoms with Gasteiger partial charge in [-0.1, -0.05) is 24.3 Å². The molecule has 4 heterocycles. The maximum absolute atomic E-state index is 13.7. The summed E-state index contributed by atoms with van der Waals surface area (Å²) in [5, 5.41) is 0. The second-order valence-corrected chi connectivity index (χ2v) is 8.47. The molecule has 0 spiro atoms. The minimum Gasteiger partial charge on any atom is -0.357 e. The largest absolute Gasteiger partial charge is 0.357 e. The van der Waals surface area contributed by atoms with Crippen LogP contribution in [0, 0.1) is 0 Å². The number of anilines is 1. The summed E-state index contributed by atoms with van der Waals surface area (Å²) in [6.45, 7) is 3.54. The molecule has 0 saturated carbocycles. The molecule has 1 aromatic carbocycles. The van der Waals surface area contributed by atoms with Gasteiger partial charge in [0.15, 0.2) is 0 Å². The van der Waals surface area contributed by atoms with Crippen molar-refractivity contribution in [2.75, 3.05) is 25.0 Å². The van der Waals surface area contributed by atoms with Gasteiger partial charge in [-0.05, 0) is 56.2 Å². The Morgan fingerprint density at radius 1 is 0.933 bits per heavy atom. The number of fused-ring (bicyclic) bond motifs is 1. The monoisotopic (exact) mass is 401 g/mol. The number of hydrogen-bond acceptors (Lipinski definition) is 5. The van der Waals surface area contributed by atoms with Crippen LogP contribution in [0.3, 0.4) is 0 Å².